The van der Waals surface area contributed by atoms with E-state index in [-0.39, 0.29) is 11.9 Å². The Labute approximate surface area is 108 Å². The first-order valence-electron chi connectivity index (χ1n) is 6.28. The first-order chi connectivity index (χ1) is 8.02. The fourth-order valence-corrected chi connectivity index (χ4v) is 3.06. The summed E-state index contributed by atoms with van der Waals surface area (Å²) in [6.07, 6.45) is 1.18. The molecule has 2 atom stereocenters. The van der Waals surface area contributed by atoms with Crippen LogP contribution in [0.4, 0.5) is 0 Å². The molecule has 2 unspecified atom stereocenters. The molecule has 1 heterocycles. The summed E-state index contributed by atoms with van der Waals surface area (Å²) < 4.78 is 0. The number of carbonyl (C=O) groups is 1. The molecule has 0 fully saturated rings. The Morgan fingerprint density at radius 1 is 1.53 bits per heavy atom. The van der Waals surface area contributed by atoms with Crippen molar-refractivity contribution in [3.63, 3.8) is 0 Å². The highest BCUT2D eigenvalue weighted by atomic mass is 32.2. The highest BCUT2D eigenvalue weighted by molar-refractivity contribution is 8.14. The van der Waals surface area contributed by atoms with Gasteiger partial charge >= 0.3 is 0 Å². The molecule has 0 aromatic heterocycles. The Hall–Kier alpha value is -0.710. The van der Waals surface area contributed by atoms with E-state index >= 15 is 0 Å². The molecule has 0 aromatic rings. The quantitative estimate of drug-likeness (QED) is 0.787. The number of rotatable bonds is 5. The molecule has 98 valence electrons. The van der Waals surface area contributed by atoms with Crippen LogP contribution in [0.15, 0.2) is 4.99 Å². The van der Waals surface area contributed by atoms with E-state index in [1.807, 2.05) is 13.8 Å². The number of nitrogens with zero attached hydrogens (tertiary/aromatic N) is 1. The van der Waals surface area contributed by atoms with Crippen LogP contribution >= 0.6 is 11.8 Å². The summed E-state index contributed by atoms with van der Waals surface area (Å²) in [5.41, 5.74) is 0. The highest BCUT2D eigenvalue weighted by Crippen LogP contribution is 2.25. The Bertz CT molecular complexity index is 291. The Morgan fingerprint density at radius 3 is 2.82 bits per heavy atom. The minimum atomic E-state index is -0.209. The minimum absolute atomic E-state index is 0.0307. The molecule has 0 bridgehead atoms. The van der Waals surface area contributed by atoms with Crippen molar-refractivity contribution < 1.29 is 4.79 Å². The van der Waals surface area contributed by atoms with Gasteiger partial charge in [0.15, 0.2) is 5.17 Å². The van der Waals surface area contributed by atoms with Crippen molar-refractivity contribution >= 4 is 22.8 Å². The standard InChI is InChI=1S/C12H23N3OS/c1-5-13-11(16)9(4)15-12-14-7-10(17-12)6-8(2)3/h8-10H,5-7H2,1-4H3,(H,13,16)(H,14,15). The van der Waals surface area contributed by atoms with Crippen LogP contribution in [-0.4, -0.2) is 35.5 Å². The molecule has 1 aliphatic heterocycles. The van der Waals surface area contributed by atoms with Crippen LogP contribution in [0.25, 0.3) is 0 Å². The fraction of sp³-hybridized carbons (Fsp3) is 0.833. The van der Waals surface area contributed by atoms with Crippen LogP contribution in [0, 0.1) is 5.92 Å². The van der Waals surface area contributed by atoms with Gasteiger partial charge in [-0.1, -0.05) is 25.6 Å². The number of carbonyl (C=O) groups excluding carboxylic acids is 1. The van der Waals surface area contributed by atoms with Crippen molar-refractivity contribution in [1.82, 2.24) is 10.6 Å². The second-order valence-electron chi connectivity index (χ2n) is 4.78. The van der Waals surface area contributed by atoms with E-state index in [1.54, 1.807) is 11.8 Å². The van der Waals surface area contributed by atoms with E-state index in [0.717, 1.165) is 11.7 Å². The third-order valence-corrected chi connectivity index (χ3v) is 3.68. The van der Waals surface area contributed by atoms with E-state index < -0.39 is 0 Å². The fourth-order valence-electron chi connectivity index (χ4n) is 1.72. The zero-order valence-electron chi connectivity index (χ0n) is 11.1. The lowest BCUT2D eigenvalue weighted by Gasteiger charge is -2.15. The topological polar surface area (TPSA) is 53.5 Å². The van der Waals surface area contributed by atoms with E-state index in [4.69, 9.17) is 0 Å². The molecule has 0 aliphatic carbocycles. The van der Waals surface area contributed by atoms with Crippen LogP contribution < -0.4 is 10.6 Å². The van der Waals surface area contributed by atoms with Gasteiger partial charge in [-0.3, -0.25) is 9.79 Å². The molecular formula is C12H23N3OS. The molecule has 5 heteroatoms. The molecule has 4 nitrogen and oxygen atoms in total. The molecule has 0 spiro atoms. The Kier molecular flexibility index (Phi) is 5.82. The predicted octanol–water partition coefficient (Wildman–Crippen LogP) is 1.62. The molecule has 0 radical (unpaired) electrons. The van der Waals surface area contributed by atoms with Crippen LogP contribution in [0.5, 0.6) is 0 Å². The number of amides is 1. The van der Waals surface area contributed by atoms with E-state index in [0.29, 0.717) is 17.7 Å². The van der Waals surface area contributed by atoms with E-state index in [1.165, 1.54) is 6.42 Å². The smallest absolute Gasteiger partial charge is 0.242 e. The summed E-state index contributed by atoms with van der Waals surface area (Å²) in [7, 11) is 0. The molecule has 1 rings (SSSR count). The van der Waals surface area contributed by atoms with Gasteiger partial charge in [-0.2, -0.15) is 0 Å². The number of amidine groups is 1. The van der Waals surface area contributed by atoms with E-state index in [9.17, 15) is 4.79 Å². The molecule has 17 heavy (non-hydrogen) atoms. The molecule has 2 N–H and O–H groups in total. The lowest BCUT2D eigenvalue weighted by Crippen LogP contribution is -2.43. The number of aliphatic imine (C=N–C) groups is 1. The van der Waals surface area contributed by atoms with Crippen LogP contribution in [-0.2, 0) is 4.79 Å². The summed E-state index contributed by atoms with van der Waals surface area (Å²) >= 11 is 1.76. The highest BCUT2D eigenvalue weighted by Gasteiger charge is 2.23. The van der Waals surface area contributed by atoms with Gasteiger partial charge in [0.05, 0.1) is 6.54 Å². The van der Waals surface area contributed by atoms with Crippen molar-refractivity contribution in [2.75, 3.05) is 13.1 Å². The third kappa shape index (κ3) is 4.98. The lowest BCUT2D eigenvalue weighted by molar-refractivity contribution is -0.122. The van der Waals surface area contributed by atoms with E-state index in [2.05, 4.69) is 29.5 Å². The average molecular weight is 257 g/mol. The summed E-state index contributed by atoms with van der Waals surface area (Å²) in [4.78, 5) is 16.0. The minimum Gasteiger partial charge on any atom is -0.355 e. The van der Waals surface area contributed by atoms with Gasteiger partial charge < -0.3 is 10.6 Å². The van der Waals surface area contributed by atoms with Gasteiger partial charge in [0.25, 0.3) is 0 Å². The summed E-state index contributed by atoms with van der Waals surface area (Å²) in [6, 6.07) is -0.209. The maximum atomic E-state index is 11.6. The maximum absolute atomic E-state index is 11.6. The van der Waals surface area contributed by atoms with Gasteiger partial charge in [0, 0.05) is 11.8 Å². The summed E-state index contributed by atoms with van der Waals surface area (Å²) in [6.45, 7) is 9.77. The third-order valence-electron chi connectivity index (χ3n) is 2.54. The molecule has 1 aliphatic rings. The van der Waals surface area contributed by atoms with Gasteiger partial charge in [0.2, 0.25) is 5.91 Å². The lowest BCUT2D eigenvalue weighted by atomic mass is 10.1. The van der Waals surface area contributed by atoms with Gasteiger partial charge in [-0.15, -0.1) is 0 Å². The molecule has 0 saturated heterocycles. The molecule has 0 saturated carbocycles. The predicted molar refractivity (Wildman–Crippen MR) is 74.4 cm³/mol. The number of hydrogen-bond acceptors (Lipinski definition) is 4. The maximum Gasteiger partial charge on any atom is 0.242 e. The average Bonchev–Trinajstić information content (AvgIpc) is 2.64. The molecule has 0 aromatic carbocycles. The SMILES string of the molecule is CCNC(=O)C(C)NC1=NCC(CC(C)C)S1. The second kappa shape index (κ2) is 6.89. The van der Waals surface area contributed by atoms with Gasteiger partial charge in [-0.25, -0.2) is 0 Å². The monoisotopic (exact) mass is 257 g/mol. The summed E-state index contributed by atoms with van der Waals surface area (Å²) in [5.74, 6) is 0.728. The van der Waals surface area contributed by atoms with Crippen molar-refractivity contribution in [3.05, 3.63) is 0 Å². The van der Waals surface area contributed by atoms with Gasteiger partial charge in [0.1, 0.15) is 6.04 Å². The Morgan fingerprint density at radius 2 is 2.24 bits per heavy atom. The number of hydrogen-bond donors (Lipinski definition) is 2. The normalized spacial score (nSPS) is 21.2. The zero-order chi connectivity index (χ0) is 12.8. The first-order valence-corrected chi connectivity index (χ1v) is 7.16. The number of nitrogens with one attached hydrogen (secondary N) is 2. The number of likely N-dealkylation sites (N-methyl/N-ethyl adjacent to an activating group) is 1. The van der Waals surface area contributed by atoms with Crippen molar-refractivity contribution in [2.45, 2.75) is 45.4 Å². The largest absolute Gasteiger partial charge is 0.355 e. The molecule has 1 amide bonds. The summed E-state index contributed by atoms with van der Waals surface area (Å²) in [5, 5.41) is 7.44. The van der Waals surface area contributed by atoms with Crippen molar-refractivity contribution in [1.29, 1.82) is 0 Å². The number of thioether (sulfide) groups is 1. The zero-order valence-corrected chi connectivity index (χ0v) is 11.9. The van der Waals surface area contributed by atoms with Crippen LogP contribution in [0.3, 0.4) is 0 Å². The Balaban J connectivity index is 2.32. The van der Waals surface area contributed by atoms with Gasteiger partial charge in [-0.05, 0) is 26.2 Å². The van der Waals surface area contributed by atoms with Crippen LogP contribution in [0.1, 0.15) is 34.1 Å². The van der Waals surface area contributed by atoms with Crippen molar-refractivity contribution in [3.8, 4) is 0 Å². The van der Waals surface area contributed by atoms with Crippen molar-refractivity contribution in [2.24, 2.45) is 10.9 Å². The second-order valence-corrected chi connectivity index (χ2v) is 6.06. The molecular weight excluding hydrogens is 234 g/mol. The van der Waals surface area contributed by atoms with Crippen LogP contribution in [0.2, 0.25) is 0 Å². The first kappa shape index (κ1) is 14.4.